The van der Waals surface area contributed by atoms with E-state index in [1.165, 1.54) is 11.0 Å². The van der Waals surface area contributed by atoms with E-state index in [-0.39, 0.29) is 5.75 Å². The molecule has 2 heterocycles. The van der Waals surface area contributed by atoms with Crippen molar-refractivity contribution in [3.8, 4) is 11.7 Å². The Morgan fingerprint density at radius 1 is 1.19 bits per heavy atom. The molecule has 0 fully saturated rings. The highest BCUT2D eigenvalue weighted by Gasteiger charge is 2.11. The summed E-state index contributed by atoms with van der Waals surface area (Å²) in [4.78, 5) is 2.17. The summed E-state index contributed by atoms with van der Waals surface area (Å²) in [7, 11) is 0. The number of nitrogens with zero attached hydrogens (tertiary/aromatic N) is 7. The van der Waals surface area contributed by atoms with Gasteiger partial charge in [-0.3, -0.25) is 0 Å². The second-order valence-electron chi connectivity index (χ2n) is 5.97. The summed E-state index contributed by atoms with van der Waals surface area (Å²) >= 11 is 0. The number of aryl methyl sites for hydroxylation is 2. The van der Waals surface area contributed by atoms with Gasteiger partial charge in [0.15, 0.2) is 0 Å². The smallest absolute Gasteiger partial charge is 0.273 e. The maximum atomic E-state index is 10.3. The molecule has 26 heavy (non-hydrogen) atoms. The van der Waals surface area contributed by atoms with E-state index in [1.54, 1.807) is 17.0 Å². The zero-order valence-electron chi connectivity index (χ0n) is 15.5. The lowest BCUT2D eigenvalue weighted by Gasteiger charge is -2.21. The van der Waals surface area contributed by atoms with Gasteiger partial charge >= 0.3 is 0 Å². The molecule has 0 atom stereocenters. The van der Waals surface area contributed by atoms with E-state index in [1.807, 2.05) is 32.0 Å². The van der Waals surface area contributed by atoms with E-state index in [9.17, 15) is 5.11 Å². The third-order valence-electron chi connectivity index (χ3n) is 4.18. The minimum Gasteiger partial charge on any atom is -0.507 e. The van der Waals surface area contributed by atoms with Crippen molar-refractivity contribution in [3.63, 3.8) is 0 Å². The molecule has 1 N–H and O–H groups in total. The molecule has 0 aliphatic rings. The zero-order chi connectivity index (χ0) is 18.7. The van der Waals surface area contributed by atoms with Crippen LogP contribution in [0.1, 0.15) is 30.8 Å². The molecule has 0 saturated carbocycles. The Bertz CT molecular complexity index is 922. The molecule has 0 aliphatic carbocycles. The average Bonchev–Trinajstić information content (AvgIpc) is 3.20. The highest BCUT2D eigenvalue weighted by Crippen LogP contribution is 2.23. The van der Waals surface area contributed by atoms with Gasteiger partial charge in [-0.1, -0.05) is 0 Å². The Balaban J connectivity index is 1.88. The second-order valence-corrected chi connectivity index (χ2v) is 5.97. The molecule has 8 nitrogen and oxygen atoms in total. The summed E-state index contributed by atoms with van der Waals surface area (Å²) in [6.07, 6.45) is 3.09. The molecule has 136 valence electrons. The van der Waals surface area contributed by atoms with Gasteiger partial charge in [0.1, 0.15) is 12.1 Å². The summed E-state index contributed by atoms with van der Waals surface area (Å²) in [6, 6.07) is 7.53. The van der Waals surface area contributed by atoms with Gasteiger partial charge in [-0.15, -0.1) is 10.2 Å². The lowest BCUT2D eigenvalue weighted by atomic mass is 10.2. The van der Waals surface area contributed by atoms with Crippen LogP contribution in [0.15, 0.2) is 35.7 Å². The minimum atomic E-state index is 0.180. The topological polar surface area (TPSA) is 84.4 Å². The summed E-state index contributed by atoms with van der Waals surface area (Å²) in [5.41, 5.74) is 3.44. The predicted octanol–water partition coefficient (Wildman–Crippen LogP) is 2.51. The van der Waals surface area contributed by atoms with Crippen LogP contribution in [0.2, 0.25) is 0 Å². The molecule has 0 saturated heterocycles. The fourth-order valence-corrected chi connectivity index (χ4v) is 2.83. The van der Waals surface area contributed by atoms with Crippen molar-refractivity contribution < 1.29 is 5.11 Å². The largest absolute Gasteiger partial charge is 0.507 e. The first-order chi connectivity index (χ1) is 12.5. The Kier molecular flexibility index (Phi) is 5.01. The van der Waals surface area contributed by atoms with Crippen molar-refractivity contribution in [3.05, 3.63) is 47.5 Å². The highest BCUT2D eigenvalue weighted by atomic mass is 16.3. The first-order valence-corrected chi connectivity index (χ1v) is 8.59. The number of phenols is 1. The van der Waals surface area contributed by atoms with Gasteiger partial charge in [-0.25, -0.2) is 4.68 Å². The number of hydrogen-bond donors (Lipinski definition) is 1. The summed E-state index contributed by atoms with van der Waals surface area (Å²) in [5, 5.41) is 27.1. The molecule has 0 radical (unpaired) electrons. The zero-order valence-corrected chi connectivity index (χ0v) is 15.5. The quantitative estimate of drug-likeness (QED) is 0.688. The lowest BCUT2D eigenvalue weighted by Crippen LogP contribution is -2.21. The Morgan fingerprint density at radius 3 is 2.58 bits per heavy atom. The van der Waals surface area contributed by atoms with E-state index in [2.05, 4.69) is 39.1 Å². The van der Waals surface area contributed by atoms with Crippen molar-refractivity contribution in [2.75, 3.05) is 18.0 Å². The Labute approximate surface area is 152 Å². The summed E-state index contributed by atoms with van der Waals surface area (Å²) in [5.74, 6) is 0.671. The first-order valence-electron chi connectivity index (χ1n) is 8.59. The Hall–Kier alpha value is -3.16. The van der Waals surface area contributed by atoms with Crippen LogP contribution in [0.4, 0.5) is 5.69 Å². The summed E-state index contributed by atoms with van der Waals surface area (Å²) < 4.78 is 3.21. The number of aromatic nitrogens is 5. The van der Waals surface area contributed by atoms with Crippen LogP contribution in [0.25, 0.3) is 5.95 Å². The van der Waals surface area contributed by atoms with Crippen LogP contribution in [-0.4, -0.2) is 49.1 Å². The molecule has 0 unspecified atom stereocenters. The van der Waals surface area contributed by atoms with Gasteiger partial charge < -0.3 is 10.0 Å². The molecule has 3 rings (SSSR count). The fraction of sp³-hybridized carbons (Fsp3) is 0.333. The maximum Gasteiger partial charge on any atom is 0.273 e. The van der Waals surface area contributed by atoms with Crippen LogP contribution in [-0.2, 0) is 0 Å². The lowest BCUT2D eigenvalue weighted by molar-refractivity contribution is 0.474. The van der Waals surface area contributed by atoms with E-state index in [0.29, 0.717) is 11.5 Å². The van der Waals surface area contributed by atoms with Crippen LogP contribution in [0.3, 0.4) is 0 Å². The molecule has 0 amide bonds. The van der Waals surface area contributed by atoms with Crippen LogP contribution < -0.4 is 4.90 Å². The number of hydrogen-bond acceptors (Lipinski definition) is 6. The number of benzene rings is 1. The number of rotatable bonds is 6. The first kappa shape index (κ1) is 17.7. The fourth-order valence-electron chi connectivity index (χ4n) is 2.83. The molecule has 0 aliphatic heterocycles. The number of aromatic hydroxyl groups is 1. The van der Waals surface area contributed by atoms with E-state index in [4.69, 9.17) is 0 Å². The monoisotopic (exact) mass is 353 g/mol. The van der Waals surface area contributed by atoms with Crippen LogP contribution in [0, 0.1) is 13.8 Å². The molecule has 1 aromatic carbocycles. The number of phenolic OH excluding ortho intramolecular Hbond substituents is 1. The predicted molar refractivity (Wildman–Crippen MR) is 101 cm³/mol. The van der Waals surface area contributed by atoms with Crippen molar-refractivity contribution >= 4 is 11.9 Å². The minimum absolute atomic E-state index is 0.180. The number of anilines is 1. The third kappa shape index (κ3) is 3.44. The van der Waals surface area contributed by atoms with Crippen molar-refractivity contribution in [1.82, 2.24) is 24.7 Å². The molecule has 0 spiro atoms. The molecular weight excluding hydrogens is 330 g/mol. The van der Waals surface area contributed by atoms with Crippen LogP contribution in [0.5, 0.6) is 5.75 Å². The average molecular weight is 353 g/mol. The van der Waals surface area contributed by atoms with Crippen molar-refractivity contribution in [2.24, 2.45) is 5.10 Å². The molecule has 2 aromatic heterocycles. The van der Waals surface area contributed by atoms with Gasteiger partial charge in [0.2, 0.25) is 0 Å². The Morgan fingerprint density at radius 2 is 1.96 bits per heavy atom. The summed E-state index contributed by atoms with van der Waals surface area (Å²) in [6.45, 7) is 9.81. The van der Waals surface area contributed by atoms with Gasteiger partial charge in [0, 0.05) is 36.1 Å². The molecule has 3 aromatic rings. The van der Waals surface area contributed by atoms with Gasteiger partial charge in [-0.2, -0.15) is 14.9 Å². The standard InChI is InChI=1S/C18H23N7O/c1-5-23(6-2)16-8-7-15(17(26)10-16)11-20-24-12-19-21-18(24)25-14(4)9-13(3)22-25/h7-12,26H,5-6H2,1-4H3/b20-11+. The van der Waals surface area contributed by atoms with Crippen LogP contribution >= 0.6 is 0 Å². The SMILES string of the molecule is CCN(CC)c1ccc(/C=N/n2cnnc2-n2nc(C)cc2C)c(O)c1. The molecular formula is C18H23N7O. The molecule has 0 bridgehead atoms. The second kappa shape index (κ2) is 7.38. The van der Waals surface area contributed by atoms with Gasteiger partial charge in [0.25, 0.3) is 5.95 Å². The highest BCUT2D eigenvalue weighted by molar-refractivity contribution is 5.84. The van der Waals surface area contributed by atoms with Crippen molar-refractivity contribution in [2.45, 2.75) is 27.7 Å². The van der Waals surface area contributed by atoms with Gasteiger partial charge in [0.05, 0.1) is 11.9 Å². The van der Waals surface area contributed by atoms with Crippen molar-refractivity contribution in [1.29, 1.82) is 0 Å². The maximum absolute atomic E-state index is 10.3. The van der Waals surface area contributed by atoms with E-state index in [0.717, 1.165) is 30.2 Å². The third-order valence-corrected chi connectivity index (χ3v) is 4.18. The van der Waals surface area contributed by atoms with E-state index < -0.39 is 0 Å². The normalized spacial score (nSPS) is 11.4. The van der Waals surface area contributed by atoms with E-state index >= 15 is 0 Å². The molecule has 8 heteroatoms. The van der Waals surface area contributed by atoms with Gasteiger partial charge in [-0.05, 0) is 45.9 Å².